The fourth-order valence-corrected chi connectivity index (χ4v) is 3.62. The molecule has 0 spiro atoms. The van der Waals surface area contributed by atoms with Gasteiger partial charge in [0.25, 0.3) is 0 Å². The molecule has 2 fully saturated rings. The fraction of sp³-hybridized carbons (Fsp3) is 0.667. The first-order valence-corrected chi connectivity index (χ1v) is 8.25. The molecule has 0 aliphatic heterocycles. The van der Waals surface area contributed by atoms with Gasteiger partial charge in [0.2, 0.25) is 0 Å². The largest absolute Gasteiger partial charge is 0.496 e. The first-order chi connectivity index (χ1) is 9.88. The maximum absolute atomic E-state index is 5.61. The van der Waals surface area contributed by atoms with Crippen LogP contribution in [-0.2, 0) is 0 Å². The Hall–Kier alpha value is -1.02. The van der Waals surface area contributed by atoms with Crippen molar-refractivity contribution in [3.05, 3.63) is 29.8 Å². The second-order valence-electron chi connectivity index (χ2n) is 6.43. The minimum absolute atomic E-state index is 0.618. The molecule has 0 radical (unpaired) electrons. The van der Waals surface area contributed by atoms with Crippen LogP contribution < -0.4 is 10.1 Å². The van der Waals surface area contributed by atoms with E-state index in [0.717, 1.165) is 24.3 Å². The number of hydrogen-bond acceptors (Lipinski definition) is 2. The van der Waals surface area contributed by atoms with E-state index in [2.05, 4.69) is 29.6 Å². The van der Waals surface area contributed by atoms with Gasteiger partial charge in [0.05, 0.1) is 7.11 Å². The van der Waals surface area contributed by atoms with Crippen LogP contribution in [0.2, 0.25) is 0 Å². The summed E-state index contributed by atoms with van der Waals surface area (Å²) in [5.41, 5.74) is 1.41. The van der Waals surface area contributed by atoms with Crippen LogP contribution in [-0.4, -0.2) is 19.7 Å². The Morgan fingerprint density at radius 2 is 1.85 bits per heavy atom. The van der Waals surface area contributed by atoms with Gasteiger partial charge < -0.3 is 10.1 Å². The van der Waals surface area contributed by atoms with Crippen LogP contribution in [0.1, 0.15) is 56.4 Å². The van der Waals surface area contributed by atoms with Crippen molar-refractivity contribution in [2.75, 3.05) is 13.7 Å². The molecule has 20 heavy (non-hydrogen) atoms. The van der Waals surface area contributed by atoms with Gasteiger partial charge in [-0.3, -0.25) is 0 Å². The second kappa shape index (κ2) is 6.62. The third-order valence-corrected chi connectivity index (χ3v) is 4.96. The maximum atomic E-state index is 5.61. The van der Waals surface area contributed by atoms with E-state index in [1.807, 2.05) is 0 Å². The van der Waals surface area contributed by atoms with Gasteiger partial charge in [-0.15, -0.1) is 0 Å². The normalized spacial score (nSPS) is 21.6. The van der Waals surface area contributed by atoms with Gasteiger partial charge in [-0.05, 0) is 43.2 Å². The number of ether oxygens (including phenoxy) is 1. The fourth-order valence-electron chi connectivity index (χ4n) is 3.62. The van der Waals surface area contributed by atoms with E-state index in [0.29, 0.717) is 5.92 Å². The van der Waals surface area contributed by atoms with Crippen LogP contribution >= 0.6 is 0 Å². The minimum atomic E-state index is 0.618. The molecule has 110 valence electrons. The summed E-state index contributed by atoms with van der Waals surface area (Å²) in [6.45, 7) is 1.12. The van der Waals surface area contributed by atoms with Crippen LogP contribution in [0, 0.1) is 5.92 Å². The Morgan fingerprint density at radius 1 is 1.10 bits per heavy atom. The molecule has 2 heteroatoms. The molecular weight excluding hydrogens is 246 g/mol. The van der Waals surface area contributed by atoms with Crippen LogP contribution in [0.5, 0.6) is 5.75 Å². The van der Waals surface area contributed by atoms with Crippen molar-refractivity contribution in [2.45, 2.75) is 56.9 Å². The van der Waals surface area contributed by atoms with E-state index >= 15 is 0 Å². The van der Waals surface area contributed by atoms with Crippen molar-refractivity contribution in [3.8, 4) is 5.75 Å². The Bertz CT molecular complexity index is 421. The first kappa shape index (κ1) is 13.9. The summed E-state index contributed by atoms with van der Waals surface area (Å²) >= 11 is 0. The highest BCUT2D eigenvalue weighted by molar-refractivity contribution is 5.37. The SMILES string of the molecule is COc1ccccc1C(CNC1CC1)C1CCCCC1. The van der Waals surface area contributed by atoms with Gasteiger partial charge in [-0.2, -0.15) is 0 Å². The van der Waals surface area contributed by atoms with E-state index in [4.69, 9.17) is 4.74 Å². The molecule has 1 unspecified atom stereocenters. The summed E-state index contributed by atoms with van der Waals surface area (Å²) < 4.78 is 5.61. The van der Waals surface area contributed by atoms with E-state index in [9.17, 15) is 0 Å². The van der Waals surface area contributed by atoms with Crippen molar-refractivity contribution >= 4 is 0 Å². The number of rotatable bonds is 6. The van der Waals surface area contributed by atoms with Gasteiger partial charge in [0, 0.05) is 18.5 Å². The third kappa shape index (κ3) is 3.35. The maximum Gasteiger partial charge on any atom is 0.122 e. The molecule has 1 N–H and O–H groups in total. The van der Waals surface area contributed by atoms with Crippen molar-refractivity contribution < 1.29 is 4.74 Å². The average molecular weight is 273 g/mol. The van der Waals surface area contributed by atoms with Gasteiger partial charge in [-0.1, -0.05) is 37.5 Å². The smallest absolute Gasteiger partial charge is 0.122 e. The number of hydrogen-bond donors (Lipinski definition) is 1. The molecule has 0 bridgehead atoms. The van der Waals surface area contributed by atoms with Crippen LogP contribution in [0.3, 0.4) is 0 Å². The summed E-state index contributed by atoms with van der Waals surface area (Å²) in [5, 5.41) is 3.75. The molecule has 0 heterocycles. The molecule has 2 aliphatic rings. The summed E-state index contributed by atoms with van der Waals surface area (Å²) in [6.07, 6.45) is 9.72. The highest BCUT2D eigenvalue weighted by Gasteiger charge is 2.29. The molecule has 1 aromatic rings. The molecular formula is C18H27NO. The van der Waals surface area contributed by atoms with E-state index in [-0.39, 0.29) is 0 Å². The van der Waals surface area contributed by atoms with Crippen LogP contribution in [0.4, 0.5) is 0 Å². The van der Waals surface area contributed by atoms with Crippen LogP contribution in [0.15, 0.2) is 24.3 Å². The lowest BCUT2D eigenvalue weighted by molar-refractivity contribution is 0.290. The van der Waals surface area contributed by atoms with Crippen molar-refractivity contribution in [3.63, 3.8) is 0 Å². The molecule has 3 rings (SSSR count). The van der Waals surface area contributed by atoms with Gasteiger partial charge in [0.15, 0.2) is 0 Å². The quantitative estimate of drug-likeness (QED) is 0.842. The highest BCUT2D eigenvalue weighted by atomic mass is 16.5. The molecule has 2 saturated carbocycles. The zero-order chi connectivity index (χ0) is 13.8. The molecule has 0 amide bonds. The molecule has 2 aliphatic carbocycles. The molecule has 1 atom stereocenters. The minimum Gasteiger partial charge on any atom is -0.496 e. The van der Waals surface area contributed by atoms with Crippen molar-refractivity contribution in [1.82, 2.24) is 5.32 Å². The Morgan fingerprint density at radius 3 is 2.55 bits per heavy atom. The lowest BCUT2D eigenvalue weighted by Crippen LogP contribution is -2.29. The number of para-hydroxylation sites is 1. The standard InChI is InChI=1S/C18H27NO/c1-20-18-10-6-5-9-16(18)17(13-19-15-11-12-15)14-7-3-2-4-8-14/h5-6,9-10,14-15,17,19H,2-4,7-8,11-13H2,1H3. The summed E-state index contributed by atoms with van der Waals surface area (Å²) in [7, 11) is 1.80. The lowest BCUT2D eigenvalue weighted by Gasteiger charge is -2.32. The second-order valence-corrected chi connectivity index (χ2v) is 6.43. The van der Waals surface area contributed by atoms with E-state index in [1.54, 1.807) is 7.11 Å². The Kier molecular flexibility index (Phi) is 4.62. The lowest BCUT2D eigenvalue weighted by atomic mass is 9.76. The molecule has 0 aromatic heterocycles. The number of methoxy groups -OCH3 is 1. The zero-order valence-corrected chi connectivity index (χ0v) is 12.6. The van der Waals surface area contributed by atoms with Gasteiger partial charge in [-0.25, -0.2) is 0 Å². The summed E-state index contributed by atoms with van der Waals surface area (Å²) in [6, 6.07) is 9.41. The average Bonchev–Trinajstić information content (AvgIpc) is 3.33. The number of benzene rings is 1. The van der Waals surface area contributed by atoms with Crippen molar-refractivity contribution in [2.24, 2.45) is 5.92 Å². The topological polar surface area (TPSA) is 21.3 Å². The van der Waals surface area contributed by atoms with Gasteiger partial charge >= 0.3 is 0 Å². The predicted octanol–water partition coefficient (Wildman–Crippen LogP) is 4.11. The van der Waals surface area contributed by atoms with Crippen LogP contribution in [0.25, 0.3) is 0 Å². The Labute approximate surface area is 122 Å². The van der Waals surface area contributed by atoms with E-state index in [1.165, 1.54) is 50.5 Å². The molecule has 1 aromatic carbocycles. The molecule has 2 nitrogen and oxygen atoms in total. The first-order valence-electron chi connectivity index (χ1n) is 8.25. The van der Waals surface area contributed by atoms with Gasteiger partial charge in [0.1, 0.15) is 5.75 Å². The van der Waals surface area contributed by atoms with E-state index < -0.39 is 0 Å². The zero-order valence-electron chi connectivity index (χ0n) is 12.6. The number of nitrogens with one attached hydrogen (secondary N) is 1. The highest BCUT2D eigenvalue weighted by Crippen LogP contribution is 2.39. The summed E-state index contributed by atoms with van der Waals surface area (Å²) in [4.78, 5) is 0. The monoisotopic (exact) mass is 273 g/mol. The third-order valence-electron chi connectivity index (χ3n) is 4.96. The predicted molar refractivity (Wildman–Crippen MR) is 83.3 cm³/mol. The summed E-state index contributed by atoms with van der Waals surface area (Å²) in [5.74, 6) is 2.51. The Balaban J connectivity index is 1.78. The molecule has 0 saturated heterocycles. The van der Waals surface area contributed by atoms with Crippen molar-refractivity contribution in [1.29, 1.82) is 0 Å².